The molecule has 0 radical (unpaired) electrons. The number of hydrogen-bond donors (Lipinski definition) is 1. The van der Waals surface area contributed by atoms with E-state index in [-0.39, 0.29) is 17.5 Å². The maximum atomic E-state index is 11.4. The lowest BCUT2D eigenvalue weighted by molar-refractivity contribution is 0.602. The minimum absolute atomic E-state index is 0.0519. The minimum atomic E-state index is -2.88. The summed E-state index contributed by atoms with van der Waals surface area (Å²) in [7, 11) is -2.88. The van der Waals surface area contributed by atoms with Crippen molar-refractivity contribution in [2.24, 2.45) is 0 Å². The smallest absolute Gasteiger partial charge is 0.152 e. The fourth-order valence-corrected chi connectivity index (χ4v) is 3.93. The number of sulfone groups is 1. The van der Waals surface area contributed by atoms with Gasteiger partial charge in [-0.15, -0.1) is 0 Å². The molecule has 0 bridgehead atoms. The molecule has 1 N–H and O–H groups in total. The Bertz CT molecular complexity index is 692. The molecule has 18 heavy (non-hydrogen) atoms. The highest BCUT2D eigenvalue weighted by atomic mass is 32.2. The van der Waals surface area contributed by atoms with Crippen LogP contribution in [0, 0.1) is 6.92 Å². The number of hydrogen-bond acceptors (Lipinski definition) is 5. The maximum Gasteiger partial charge on any atom is 0.152 e. The van der Waals surface area contributed by atoms with Gasteiger partial charge in [0.2, 0.25) is 0 Å². The number of nitrogens with zero attached hydrogens (tertiary/aromatic N) is 3. The molecule has 1 fully saturated rings. The number of nitrogens with one attached hydrogen (secondary N) is 1. The van der Waals surface area contributed by atoms with Gasteiger partial charge in [-0.05, 0) is 19.4 Å². The number of aryl methyl sites for hydroxylation is 1. The van der Waals surface area contributed by atoms with Crippen LogP contribution in [0.3, 0.4) is 0 Å². The average molecular weight is 266 g/mol. The standard InChI is InChI=1S/C11H14N4O2S/c1-8-6-10-11(12-3-4-15(10)14-8)13-9-2-5-18(16,17)7-9/h3-4,6,9H,2,5,7H2,1H3,(H,12,13). The summed E-state index contributed by atoms with van der Waals surface area (Å²) in [4.78, 5) is 4.26. The monoisotopic (exact) mass is 266 g/mol. The van der Waals surface area contributed by atoms with Crippen LogP contribution >= 0.6 is 0 Å². The van der Waals surface area contributed by atoms with Crippen LogP contribution in [0.1, 0.15) is 12.1 Å². The molecule has 6 nitrogen and oxygen atoms in total. The van der Waals surface area contributed by atoms with E-state index < -0.39 is 9.84 Å². The van der Waals surface area contributed by atoms with Gasteiger partial charge in [-0.1, -0.05) is 0 Å². The highest BCUT2D eigenvalue weighted by molar-refractivity contribution is 7.91. The SMILES string of the molecule is Cc1cc2c(NC3CCS(=O)(=O)C3)nccn2n1. The molecule has 3 heterocycles. The lowest BCUT2D eigenvalue weighted by Crippen LogP contribution is -2.21. The quantitative estimate of drug-likeness (QED) is 0.863. The number of fused-ring (bicyclic) bond motifs is 1. The van der Waals surface area contributed by atoms with Crippen LogP contribution in [0.15, 0.2) is 18.5 Å². The summed E-state index contributed by atoms with van der Waals surface area (Å²) >= 11 is 0. The van der Waals surface area contributed by atoms with Crippen molar-refractivity contribution >= 4 is 21.2 Å². The van der Waals surface area contributed by atoms with E-state index in [4.69, 9.17) is 0 Å². The Balaban J connectivity index is 1.91. The maximum absolute atomic E-state index is 11.4. The van der Waals surface area contributed by atoms with Crippen molar-refractivity contribution in [3.8, 4) is 0 Å². The zero-order valence-corrected chi connectivity index (χ0v) is 10.8. The van der Waals surface area contributed by atoms with Crippen LogP contribution in [-0.2, 0) is 9.84 Å². The molecule has 96 valence electrons. The van der Waals surface area contributed by atoms with Gasteiger partial charge < -0.3 is 5.32 Å². The van der Waals surface area contributed by atoms with Crippen LogP contribution in [0.4, 0.5) is 5.82 Å². The first-order chi connectivity index (χ1) is 8.53. The minimum Gasteiger partial charge on any atom is -0.364 e. The predicted molar refractivity (Wildman–Crippen MR) is 68.4 cm³/mol. The third-order valence-electron chi connectivity index (χ3n) is 3.09. The van der Waals surface area contributed by atoms with Gasteiger partial charge >= 0.3 is 0 Å². The zero-order chi connectivity index (χ0) is 12.8. The molecular weight excluding hydrogens is 252 g/mol. The Morgan fingerprint density at radius 2 is 2.33 bits per heavy atom. The first kappa shape index (κ1) is 11.5. The summed E-state index contributed by atoms with van der Waals surface area (Å²) in [5.74, 6) is 1.13. The fraction of sp³-hybridized carbons (Fsp3) is 0.455. The molecule has 0 amide bonds. The highest BCUT2D eigenvalue weighted by Crippen LogP contribution is 2.20. The van der Waals surface area contributed by atoms with Crippen molar-refractivity contribution < 1.29 is 8.42 Å². The summed E-state index contributed by atoms with van der Waals surface area (Å²) in [6.45, 7) is 1.91. The van der Waals surface area contributed by atoms with Crippen LogP contribution in [-0.4, -0.2) is 40.6 Å². The van der Waals surface area contributed by atoms with Crippen molar-refractivity contribution in [1.29, 1.82) is 0 Å². The summed E-state index contributed by atoms with van der Waals surface area (Å²) in [6.07, 6.45) is 4.07. The van der Waals surface area contributed by atoms with Crippen LogP contribution in [0.5, 0.6) is 0 Å². The molecule has 1 aliphatic rings. The van der Waals surface area contributed by atoms with Gasteiger partial charge in [0, 0.05) is 18.4 Å². The molecule has 0 aliphatic carbocycles. The summed E-state index contributed by atoms with van der Waals surface area (Å²) in [5, 5.41) is 7.50. The predicted octanol–water partition coefficient (Wildman–Crippen LogP) is 0.637. The Morgan fingerprint density at radius 1 is 1.50 bits per heavy atom. The Hall–Kier alpha value is -1.63. The van der Waals surface area contributed by atoms with E-state index in [9.17, 15) is 8.42 Å². The van der Waals surface area contributed by atoms with E-state index in [2.05, 4.69) is 15.4 Å². The molecule has 3 rings (SSSR count). The number of anilines is 1. The topological polar surface area (TPSA) is 76.4 Å². The van der Waals surface area contributed by atoms with Crippen molar-refractivity contribution in [2.45, 2.75) is 19.4 Å². The van der Waals surface area contributed by atoms with Gasteiger partial charge in [0.15, 0.2) is 15.7 Å². The van der Waals surface area contributed by atoms with Gasteiger partial charge in [-0.2, -0.15) is 5.10 Å². The van der Waals surface area contributed by atoms with Crippen molar-refractivity contribution in [3.63, 3.8) is 0 Å². The van der Waals surface area contributed by atoms with Gasteiger partial charge in [0.1, 0.15) is 5.52 Å². The Morgan fingerprint density at radius 3 is 3.06 bits per heavy atom. The molecule has 1 unspecified atom stereocenters. The first-order valence-corrected chi connectivity index (χ1v) is 7.64. The van der Waals surface area contributed by atoms with E-state index in [1.54, 1.807) is 16.9 Å². The molecular formula is C11H14N4O2S. The van der Waals surface area contributed by atoms with Crippen molar-refractivity contribution in [1.82, 2.24) is 14.6 Å². The van der Waals surface area contributed by atoms with E-state index in [0.29, 0.717) is 12.2 Å². The first-order valence-electron chi connectivity index (χ1n) is 5.81. The molecule has 2 aromatic heterocycles. The molecule has 0 aromatic carbocycles. The number of aromatic nitrogens is 3. The second-order valence-electron chi connectivity index (χ2n) is 4.64. The second-order valence-corrected chi connectivity index (χ2v) is 6.86. The van der Waals surface area contributed by atoms with Gasteiger partial charge in [-0.25, -0.2) is 17.9 Å². The lowest BCUT2D eigenvalue weighted by atomic mass is 10.2. The molecule has 1 saturated heterocycles. The molecule has 2 aromatic rings. The van der Waals surface area contributed by atoms with Crippen LogP contribution < -0.4 is 5.32 Å². The van der Waals surface area contributed by atoms with Crippen LogP contribution in [0.25, 0.3) is 5.52 Å². The highest BCUT2D eigenvalue weighted by Gasteiger charge is 2.28. The van der Waals surface area contributed by atoms with Crippen LogP contribution in [0.2, 0.25) is 0 Å². The summed E-state index contributed by atoms with van der Waals surface area (Å²) in [5.41, 5.74) is 1.78. The normalized spacial score (nSPS) is 22.4. The van der Waals surface area contributed by atoms with Crippen molar-refractivity contribution in [3.05, 3.63) is 24.2 Å². The number of rotatable bonds is 2. The largest absolute Gasteiger partial charge is 0.364 e. The zero-order valence-electron chi connectivity index (χ0n) is 10.00. The van der Waals surface area contributed by atoms with Gasteiger partial charge in [0.25, 0.3) is 0 Å². The summed E-state index contributed by atoms with van der Waals surface area (Å²) < 4.78 is 24.6. The van der Waals surface area contributed by atoms with E-state index >= 15 is 0 Å². The Labute approximate surface area is 105 Å². The van der Waals surface area contributed by atoms with E-state index in [1.807, 2.05) is 13.0 Å². The third-order valence-corrected chi connectivity index (χ3v) is 4.85. The lowest BCUT2D eigenvalue weighted by Gasteiger charge is -2.11. The molecule has 1 atom stereocenters. The molecule has 0 saturated carbocycles. The molecule has 1 aliphatic heterocycles. The van der Waals surface area contributed by atoms with E-state index in [0.717, 1.165) is 11.2 Å². The molecule has 7 heteroatoms. The van der Waals surface area contributed by atoms with E-state index in [1.165, 1.54) is 0 Å². The second kappa shape index (κ2) is 3.94. The van der Waals surface area contributed by atoms with Gasteiger partial charge in [-0.3, -0.25) is 0 Å². The van der Waals surface area contributed by atoms with Gasteiger partial charge in [0.05, 0.1) is 17.2 Å². The Kier molecular flexibility index (Phi) is 2.51. The fourth-order valence-electron chi connectivity index (χ4n) is 2.26. The third kappa shape index (κ3) is 2.05. The summed E-state index contributed by atoms with van der Waals surface area (Å²) in [6, 6.07) is 1.88. The molecule has 0 spiro atoms. The van der Waals surface area contributed by atoms with Crippen molar-refractivity contribution in [2.75, 3.05) is 16.8 Å². The average Bonchev–Trinajstić information content (AvgIpc) is 2.81.